The molecule has 0 radical (unpaired) electrons. The van der Waals surface area contributed by atoms with Gasteiger partial charge in [-0.05, 0) is 49.4 Å². The first-order chi connectivity index (χ1) is 8.57. The summed E-state index contributed by atoms with van der Waals surface area (Å²) in [5.41, 5.74) is 1.97. The Balaban J connectivity index is 1.78. The van der Waals surface area contributed by atoms with Crippen molar-refractivity contribution in [2.24, 2.45) is 4.99 Å². The summed E-state index contributed by atoms with van der Waals surface area (Å²) in [4.78, 5) is 4.52. The average molecular weight is 326 g/mol. The monoisotopic (exact) mass is 325 g/mol. The molecule has 18 heavy (non-hydrogen) atoms. The van der Waals surface area contributed by atoms with E-state index in [9.17, 15) is 5.11 Å². The summed E-state index contributed by atoms with van der Waals surface area (Å²) in [5, 5.41) is 10.6. The minimum atomic E-state index is -0.545. The third kappa shape index (κ3) is 2.26. The molecule has 1 aromatic carbocycles. The summed E-state index contributed by atoms with van der Waals surface area (Å²) >= 11 is 5.31. The Labute approximate surface area is 120 Å². The Morgan fingerprint density at radius 2 is 2.17 bits per heavy atom. The molecule has 1 fully saturated rings. The van der Waals surface area contributed by atoms with Gasteiger partial charge in [-0.3, -0.25) is 4.99 Å². The van der Waals surface area contributed by atoms with E-state index in [1.54, 1.807) is 11.8 Å². The third-order valence-electron chi connectivity index (χ3n) is 3.70. The van der Waals surface area contributed by atoms with E-state index in [0.29, 0.717) is 0 Å². The van der Waals surface area contributed by atoms with Gasteiger partial charge in [0.05, 0.1) is 10.9 Å². The van der Waals surface area contributed by atoms with Crippen molar-refractivity contribution in [3.8, 4) is 0 Å². The quantitative estimate of drug-likeness (QED) is 0.895. The molecular formula is C14H16BrNOS. The highest BCUT2D eigenvalue weighted by molar-refractivity contribution is 9.10. The number of benzene rings is 1. The number of hydrogen-bond acceptors (Lipinski definition) is 3. The van der Waals surface area contributed by atoms with Gasteiger partial charge in [0.25, 0.3) is 0 Å². The lowest BCUT2D eigenvalue weighted by molar-refractivity contribution is -0.0319. The van der Waals surface area contributed by atoms with Crippen LogP contribution in [0.4, 0.5) is 0 Å². The number of nitrogens with zero attached hydrogens (tertiary/aromatic N) is 1. The minimum absolute atomic E-state index is 0.0236. The predicted octanol–water partition coefficient (Wildman–Crippen LogP) is 3.86. The summed E-state index contributed by atoms with van der Waals surface area (Å²) in [6.45, 7) is 2.10. The molecule has 96 valence electrons. The number of aliphatic imine (C=N–C) groups is 1. The molecule has 2 unspecified atom stereocenters. The fourth-order valence-corrected chi connectivity index (χ4v) is 4.48. The fraction of sp³-hybridized carbons (Fsp3) is 0.500. The van der Waals surface area contributed by atoms with Crippen molar-refractivity contribution in [2.75, 3.05) is 0 Å². The Kier molecular flexibility index (Phi) is 3.28. The van der Waals surface area contributed by atoms with Crippen LogP contribution in [0.25, 0.3) is 0 Å². The normalized spacial score (nSPS) is 29.3. The molecule has 4 heteroatoms. The molecule has 2 aliphatic rings. The lowest BCUT2D eigenvalue weighted by atomic mass is 9.80. The molecular weight excluding hydrogens is 310 g/mol. The van der Waals surface area contributed by atoms with E-state index >= 15 is 0 Å². The number of rotatable bonds is 2. The zero-order chi connectivity index (χ0) is 12.8. The second-order valence-corrected chi connectivity index (χ2v) is 7.37. The Morgan fingerprint density at radius 3 is 2.78 bits per heavy atom. The summed E-state index contributed by atoms with van der Waals surface area (Å²) in [6.07, 6.45) is 4.91. The van der Waals surface area contributed by atoms with Crippen molar-refractivity contribution < 1.29 is 5.11 Å². The van der Waals surface area contributed by atoms with Crippen LogP contribution in [0.5, 0.6) is 0 Å². The lowest BCUT2D eigenvalue weighted by Gasteiger charge is -2.39. The van der Waals surface area contributed by atoms with Crippen LogP contribution in [0.2, 0.25) is 0 Å². The van der Waals surface area contributed by atoms with Gasteiger partial charge in [0.2, 0.25) is 0 Å². The van der Waals surface area contributed by atoms with E-state index in [0.717, 1.165) is 23.7 Å². The van der Waals surface area contributed by atoms with Crippen molar-refractivity contribution >= 4 is 33.9 Å². The van der Waals surface area contributed by atoms with Crippen molar-refractivity contribution in [3.63, 3.8) is 0 Å². The first-order valence-electron chi connectivity index (χ1n) is 6.25. The Hall–Kier alpha value is -0.320. The summed E-state index contributed by atoms with van der Waals surface area (Å²) in [7, 11) is 0. The van der Waals surface area contributed by atoms with Gasteiger partial charge < -0.3 is 5.11 Å². The van der Waals surface area contributed by atoms with Crippen LogP contribution < -0.4 is 0 Å². The van der Waals surface area contributed by atoms with Gasteiger partial charge in [0.1, 0.15) is 5.37 Å². The van der Waals surface area contributed by atoms with E-state index in [1.807, 2.05) is 6.21 Å². The molecule has 0 saturated heterocycles. The van der Waals surface area contributed by atoms with Crippen LogP contribution in [0.1, 0.15) is 35.6 Å². The van der Waals surface area contributed by atoms with Crippen LogP contribution in [0.15, 0.2) is 27.7 Å². The largest absolute Gasteiger partial charge is 0.387 e. The van der Waals surface area contributed by atoms with Crippen molar-refractivity contribution in [1.29, 1.82) is 0 Å². The second-order valence-electron chi connectivity index (χ2n) is 5.23. The third-order valence-corrected chi connectivity index (χ3v) is 5.67. The van der Waals surface area contributed by atoms with E-state index in [1.165, 1.54) is 11.1 Å². The van der Waals surface area contributed by atoms with E-state index in [4.69, 9.17) is 0 Å². The molecule has 0 amide bonds. The number of hydrogen-bond donors (Lipinski definition) is 1. The molecule has 2 nitrogen and oxygen atoms in total. The highest BCUT2D eigenvalue weighted by atomic mass is 79.9. The van der Waals surface area contributed by atoms with Crippen molar-refractivity contribution in [2.45, 2.75) is 42.4 Å². The zero-order valence-corrected chi connectivity index (χ0v) is 12.7. The van der Waals surface area contributed by atoms with E-state index < -0.39 is 5.60 Å². The first kappa shape index (κ1) is 12.7. The highest BCUT2D eigenvalue weighted by Crippen LogP contribution is 2.48. The smallest absolute Gasteiger partial charge is 0.124 e. The molecule has 1 aromatic rings. The van der Waals surface area contributed by atoms with E-state index in [2.05, 4.69) is 46.0 Å². The number of thioether (sulfide) groups is 1. The maximum atomic E-state index is 10.3. The zero-order valence-electron chi connectivity index (χ0n) is 10.3. The Morgan fingerprint density at radius 1 is 1.39 bits per heavy atom. The molecule has 0 spiro atoms. The average Bonchev–Trinajstić information content (AvgIpc) is 2.74. The fourth-order valence-electron chi connectivity index (χ4n) is 2.51. The van der Waals surface area contributed by atoms with Crippen LogP contribution in [-0.4, -0.2) is 22.3 Å². The maximum absolute atomic E-state index is 10.3. The van der Waals surface area contributed by atoms with Gasteiger partial charge in [-0.2, -0.15) is 0 Å². The highest BCUT2D eigenvalue weighted by Gasteiger charge is 2.45. The first-order valence-corrected chi connectivity index (χ1v) is 7.99. The topological polar surface area (TPSA) is 32.6 Å². The van der Waals surface area contributed by atoms with Crippen molar-refractivity contribution in [3.05, 3.63) is 33.8 Å². The maximum Gasteiger partial charge on any atom is 0.124 e. The summed E-state index contributed by atoms with van der Waals surface area (Å²) < 4.78 is 1.11. The SMILES string of the molecule is Cc1cc(Br)cc(C2C=NC(C3(O)CCC3)S2)c1. The Bertz CT molecular complexity index is 478. The summed E-state index contributed by atoms with van der Waals surface area (Å²) in [6, 6.07) is 6.45. The van der Waals surface area contributed by atoms with Crippen LogP contribution in [0, 0.1) is 6.92 Å². The van der Waals surface area contributed by atoms with Crippen LogP contribution >= 0.6 is 27.7 Å². The van der Waals surface area contributed by atoms with Gasteiger partial charge in [0.15, 0.2) is 0 Å². The van der Waals surface area contributed by atoms with Crippen molar-refractivity contribution in [1.82, 2.24) is 0 Å². The van der Waals surface area contributed by atoms with Gasteiger partial charge in [-0.15, -0.1) is 11.8 Å². The molecule has 1 aliphatic carbocycles. The molecule has 1 saturated carbocycles. The van der Waals surface area contributed by atoms with Gasteiger partial charge >= 0.3 is 0 Å². The van der Waals surface area contributed by atoms with Gasteiger partial charge in [-0.25, -0.2) is 0 Å². The number of aliphatic hydroxyl groups is 1. The number of halogens is 1. The standard InChI is InChI=1S/C14H16BrNOS/c1-9-5-10(7-11(15)6-9)12-8-16-13(18-12)14(17)3-2-4-14/h5-8,12-13,17H,2-4H2,1H3. The van der Waals surface area contributed by atoms with Gasteiger partial charge in [0, 0.05) is 10.7 Å². The molecule has 0 aromatic heterocycles. The second kappa shape index (κ2) is 4.66. The molecule has 2 atom stereocenters. The minimum Gasteiger partial charge on any atom is -0.387 e. The lowest BCUT2D eigenvalue weighted by Crippen LogP contribution is -2.45. The van der Waals surface area contributed by atoms with E-state index in [-0.39, 0.29) is 10.6 Å². The molecule has 1 N–H and O–H groups in total. The van der Waals surface area contributed by atoms with Gasteiger partial charge in [-0.1, -0.05) is 22.0 Å². The molecule has 1 heterocycles. The predicted molar refractivity (Wildman–Crippen MR) is 80.3 cm³/mol. The number of aryl methyl sites for hydroxylation is 1. The van der Waals surface area contributed by atoms with Crippen LogP contribution in [-0.2, 0) is 0 Å². The molecule has 0 bridgehead atoms. The molecule has 3 rings (SSSR count). The molecule has 1 aliphatic heterocycles. The summed E-state index contributed by atoms with van der Waals surface area (Å²) in [5.74, 6) is 0. The van der Waals surface area contributed by atoms with Crippen LogP contribution in [0.3, 0.4) is 0 Å².